The van der Waals surface area contributed by atoms with Crippen molar-refractivity contribution in [2.45, 2.75) is 26.8 Å². The van der Waals surface area contributed by atoms with Gasteiger partial charge < -0.3 is 19.5 Å². The van der Waals surface area contributed by atoms with Crippen LogP contribution in [0.25, 0.3) is 0 Å². The summed E-state index contributed by atoms with van der Waals surface area (Å²) in [6.07, 6.45) is 0. The van der Waals surface area contributed by atoms with Crippen molar-refractivity contribution in [1.29, 1.82) is 0 Å². The average Bonchev–Trinajstić information content (AvgIpc) is 2.51. The largest absolute Gasteiger partial charge is 0.497 e. The first kappa shape index (κ1) is 17.8. The molecule has 1 unspecified atom stereocenters. The molecule has 0 spiro atoms. The van der Waals surface area contributed by atoms with Crippen molar-refractivity contribution in [3.05, 3.63) is 23.8 Å². The lowest BCUT2D eigenvalue weighted by molar-refractivity contribution is -0.151. The summed E-state index contributed by atoms with van der Waals surface area (Å²) >= 11 is 0. The van der Waals surface area contributed by atoms with Gasteiger partial charge in [-0.1, -0.05) is 13.8 Å². The van der Waals surface area contributed by atoms with Gasteiger partial charge in [-0.3, -0.25) is 9.59 Å². The molecule has 0 saturated carbocycles. The van der Waals surface area contributed by atoms with Crippen LogP contribution in [0.2, 0.25) is 0 Å². The average molecular weight is 309 g/mol. The smallest absolute Gasteiger partial charge is 0.308 e. The minimum atomic E-state index is -0.401. The van der Waals surface area contributed by atoms with E-state index in [1.807, 2.05) is 6.92 Å². The molecule has 0 radical (unpaired) electrons. The molecule has 1 atom stereocenters. The van der Waals surface area contributed by atoms with E-state index < -0.39 is 5.97 Å². The molecule has 6 nitrogen and oxygen atoms in total. The van der Waals surface area contributed by atoms with Gasteiger partial charge in [0.1, 0.15) is 11.5 Å². The molecule has 0 fully saturated rings. The lowest BCUT2D eigenvalue weighted by Crippen LogP contribution is -2.32. The second-order valence-electron chi connectivity index (χ2n) is 5.16. The molecule has 1 amide bonds. The molecule has 0 heterocycles. The number of ether oxygens (including phenoxy) is 3. The Morgan fingerprint density at radius 3 is 2.36 bits per heavy atom. The Labute approximate surface area is 130 Å². The fourth-order valence-corrected chi connectivity index (χ4v) is 1.84. The Morgan fingerprint density at radius 1 is 1.14 bits per heavy atom. The van der Waals surface area contributed by atoms with Gasteiger partial charge in [0.25, 0.3) is 5.91 Å². The van der Waals surface area contributed by atoms with E-state index in [0.29, 0.717) is 11.5 Å². The maximum atomic E-state index is 11.8. The molecule has 6 heteroatoms. The Hall–Kier alpha value is -2.24. The van der Waals surface area contributed by atoms with Crippen LogP contribution in [0.4, 0.5) is 0 Å². The highest BCUT2D eigenvalue weighted by atomic mass is 16.5. The van der Waals surface area contributed by atoms with Crippen LogP contribution >= 0.6 is 0 Å². The number of esters is 1. The minimum absolute atomic E-state index is 0.260. The van der Waals surface area contributed by atoms with Crippen LogP contribution in [0.15, 0.2) is 18.2 Å². The lowest BCUT2D eigenvalue weighted by Gasteiger charge is -2.18. The molecular formula is C16H23NO5. The quantitative estimate of drug-likeness (QED) is 0.781. The first-order chi connectivity index (χ1) is 10.4. The topological polar surface area (TPSA) is 73.9 Å². The van der Waals surface area contributed by atoms with E-state index in [0.717, 1.165) is 5.56 Å². The van der Waals surface area contributed by atoms with E-state index in [9.17, 15) is 9.59 Å². The zero-order valence-electron chi connectivity index (χ0n) is 13.6. The SMILES string of the molecule is COc1ccc(OC)c(C(C)NC(=O)COC(=O)C(C)C)c1. The standard InChI is InChI=1S/C16H23NO5/c1-10(2)16(19)22-9-15(18)17-11(3)13-8-12(20-4)6-7-14(13)21-5/h6-8,10-11H,9H2,1-5H3,(H,17,18). The summed E-state index contributed by atoms with van der Waals surface area (Å²) in [6.45, 7) is 4.95. The number of benzene rings is 1. The van der Waals surface area contributed by atoms with Gasteiger partial charge in [-0.2, -0.15) is 0 Å². The van der Waals surface area contributed by atoms with Gasteiger partial charge in [-0.25, -0.2) is 0 Å². The van der Waals surface area contributed by atoms with E-state index >= 15 is 0 Å². The van der Waals surface area contributed by atoms with Gasteiger partial charge in [0.15, 0.2) is 6.61 Å². The van der Waals surface area contributed by atoms with Gasteiger partial charge in [-0.05, 0) is 25.1 Å². The third-order valence-corrected chi connectivity index (χ3v) is 3.10. The molecule has 0 aromatic heterocycles. The monoisotopic (exact) mass is 309 g/mol. The van der Waals surface area contributed by atoms with Crippen LogP contribution in [0, 0.1) is 5.92 Å². The van der Waals surface area contributed by atoms with Crippen molar-refractivity contribution in [3.63, 3.8) is 0 Å². The summed E-state index contributed by atoms with van der Waals surface area (Å²) in [4.78, 5) is 23.2. The highest BCUT2D eigenvalue weighted by molar-refractivity contribution is 5.81. The summed E-state index contributed by atoms with van der Waals surface area (Å²) in [5.74, 6) is 0.285. The lowest BCUT2D eigenvalue weighted by atomic mass is 10.1. The number of carbonyl (C=O) groups excluding carboxylic acids is 2. The molecule has 0 aliphatic rings. The van der Waals surface area contributed by atoms with Crippen molar-refractivity contribution in [2.75, 3.05) is 20.8 Å². The molecule has 1 N–H and O–H groups in total. The van der Waals surface area contributed by atoms with E-state index in [2.05, 4.69) is 5.32 Å². The van der Waals surface area contributed by atoms with Crippen LogP contribution in [0.1, 0.15) is 32.4 Å². The second kappa shape index (κ2) is 8.26. The van der Waals surface area contributed by atoms with E-state index in [1.54, 1.807) is 46.3 Å². The molecule has 1 rings (SSSR count). The first-order valence-corrected chi connectivity index (χ1v) is 7.07. The molecule has 0 bridgehead atoms. The second-order valence-corrected chi connectivity index (χ2v) is 5.16. The number of nitrogens with one attached hydrogen (secondary N) is 1. The van der Waals surface area contributed by atoms with Gasteiger partial charge in [0, 0.05) is 5.56 Å². The Morgan fingerprint density at radius 2 is 1.82 bits per heavy atom. The molecule has 0 aliphatic carbocycles. The number of hydrogen-bond donors (Lipinski definition) is 1. The predicted molar refractivity (Wildman–Crippen MR) is 81.9 cm³/mol. The zero-order chi connectivity index (χ0) is 16.7. The maximum absolute atomic E-state index is 11.8. The van der Waals surface area contributed by atoms with Crippen LogP contribution in [0.3, 0.4) is 0 Å². The maximum Gasteiger partial charge on any atom is 0.308 e. The van der Waals surface area contributed by atoms with E-state index in [-0.39, 0.29) is 24.5 Å². The molecule has 1 aromatic carbocycles. The van der Waals surface area contributed by atoms with Crippen molar-refractivity contribution in [1.82, 2.24) is 5.32 Å². The minimum Gasteiger partial charge on any atom is -0.497 e. The molecule has 122 valence electrons. The highest BCUT2D eigenvalue weighted by Crippen LogP contribution is 2.29. The number of rotatable bonds is 7. The molecule has 22 heavy (non-hydrogen) atoms. The van der Waals surface area contributed by atoms with Crippen molar-refractivity contribution in [2.24, 2.45) is 5.92 Å². The van der Waals surface area contributed by atoms with Gasteiger partial charge in [0.05, 0.1) is 26.2 Å². The van der Waals surface area contributed by atoms with Crippen LogP contribution in [0.5, 0.6) is 11.5 Å². The number of hydrogen-bond acceptors (Lipinski definition) is 5. The van der Waals surface area contributed by atoms with Crippen LogP contribution in [-0.2, 0) is 14.3 Å². The fraction of sp³-hybridized carbons (Fsp3) is 0.500. The van der Waals surface area contributed by atoms with Gasteiger partial charge in [-0.15, -0.1) is 0 Å². The molecule has 0 saturated heterocycles. The van der Waals surface area contributed by atoms with Crippen molar-refractivity contribution < 1.29 is 23.8 Å². The van der Waals surface area contributed by atoms with Gasteiger partial charge in [0.2, 0.25) is 0 Å². The molecule has 0 aliphatic heterocycles. The predicted octanol–water partition coefficient (Wildman–Crippen LogP) is 2.08. The summed E-state index contributed by atoms with van der Waals surface area (Å²) in [6, 6.07) is 5.04. The normalized spacial score (nSPS) is 11.7. The van der Waals surface area contributed by atoms with Crippen molar-refractivity contribution >= 4 is 11.9 Å². The summed E-state index contributed by atoms with van der Waals surface area (Å²) in [5.41, 5.74) is 0.783. The van der Waals surface area contributed by atoms with Gasteiger partial charge >= 0.3 is 5.97 Å². The summed E-state index contributed by atoms with van der Waals surface area (Å²) in [5, 5.41) is 2.76. The zero-order valence-corrected chi connectivity index (χ0v) is 13.6. The van der Waals surface area contributed by atoms with Crippen LogP contribution in [-0.4, -0.2) is 32.7 Å². The third kappa shape index (κ3) is 4.95. The van der Waals surface area contributed by atoms with Crippen LogP contribution < -0.4 is 14.8 Å². The Balaban J connectivity index is 2.70. The third-order valence-electron chi connectivity index (χ3n) is 3.10. The first-order valence-electron chi connectivity index (χ1n) is 7.07. The number of methoxy groups -OCH3 is 2. The Bertz CT molecular complexity index is 527. The summed E-state index contributed by atoms with van der Waals surface area (Å²) < 4.78 is 15.4. The fourth-order valence-electron chi connectivity index (χ4n) is 1.84. The molecule has 1 aromatic rings. The Kier molecular flexibility index (Phi) is 6.69. The number of carbonyl (C=O) groups is 2. The summed E-state index contributed by atoms with van der Waals surface area (Å²) in [7, 11) is 3.13. The van der Waals surface area contributed by atoms with Crippen molar-refractivity contribution in [3.8, 4) is 11.5 Å². The van der Waals surface area contributed by atoms with E-state index in [4.69, 9.17) is 14.2 Å². The van der Waals surface area contributed by atoms with E-state index in [1.165, 1.54) is 0 Å². The highest BCUT2D eigenvalue weighted by Gasteiger charge is 2.17. The molecular weight excluding hydrogens is 286 g/mol. The number of amides is 1.